The molecule has 0 atom stereocenters. The number of nitrogens with two attached hydrogens (primary N) is 1. The highest BCUT2D eigenvalue weighted by Crippen LogP contribution is 2.43. The first-order valence-electron chi connectivity index (χ1n) is 7.62. The van der Waals surface area contributed by atoms with Crippen molar-refractivity contribution in [2.24, 2.45) is 0 Å². The summed E-state index contributed by atoms with van der Waals surface area (Å²) in [6.07, 6.45) is 2.13. The molecule has 0 amide bonds. The molecule has 7 nitrogen and oxygen atoms in total. The minimum atomic E-state index is -0.591. The van der Waals surface area contributed by atoms with E-state index in [0.717, 1.165) is 18.5 Å². The van der Waals surface area contributed by atoms with E-state index >= 15 is 0 Å². The smallest absolute Gasteiger partial charge is 0.165 e. The second kappa shape index (κ2) is 5.41. The van der Waals surface area contributed by atoms with Crippen molar-refractivity contribution >= 4 is 11.5 Å². The van der Waals surface area contributed by atoms with Gasteiger partial charge in [0.25, 0.3) is 0 Å². The summed E-state index contributed by atoms with van der Waals surface area (Å²) < 4.78 is 20.4. The van der Waals surface area contributed by atoms with Crippen molar-refractivity contribution in [2.75, 3.05) is 12.8 Å². The van der Waals surface area contributed by atoms with Crippen molar-refractivity contribution in [3.63, 3.8) is 0 Å². The fourth-order valence-electron chi connectivity index (χ4n) is 2.78. The Bertz CT molecular complexity index is 936. The van der Waals surface area contributed by atoms with E-state index in [2.05, 4.69) is 15.1 Å². The average molecular weight is 329 g/mol. The predicted octanol–water partition coefficient (Wildman–Crippen LogP) is 1.89. The number of pyridine rings is 1. The Hall–Kier alpha value is -2.74. The van der Waals surface area contributed by atoms with Gasteiger partial charge in [-0.3, -0.25) is 0 Å². The summed E-state index contributed by atoms with van der Waals surface area (Å²) >= 11 is 0. The molecule has 3 heterocycles. The Morgan fingerprint density at radius 1 is 1.38 bits per heavy atom. The summed E-state index contributed by atoms with van der Waals surface area (Å²) in [6.45, 7) is -0.293. The number of aliphatic hydroxyl groups excluding tert-OH is 1. The number of aliphatic hydroxyl groups is 1. The number of methoxy groups -OCH3 is 1. The normalized spacial score (nSPS) is 14.3. The molecular weight excluding hydrogens is 313 g/mol. The molecule has 1 fully saturated rings. The van der Waals surface area contributed by atoms with E-state index in [1.54, 1.807) is 17.7 Å². The van der Waals surface area contributed by atoms with Crippen LogP contribution in [-0.2, 0) is 6.61 Å². The highest BCUT2D eigenvalue weighted by molar-refractivity contribution is 5.65. The van der Waals surface area contributed by atoms with Crippen molar-refractivity contribution in [2.45, 2.75) is 25.4 Å². The number of aromatic nitrogens is 4. The van der Waals surface area contributed by atoms with Crippen molar-refractivity contribution in [3.05, 3.63) is 35.4 Å². The molecule has 3 aromatic heterocycles. The topological polar surface area (TPSA) is 98.6 Å². The number of ether oxygens (including phenoxy) is 1. The van der Waals surface area contributed by atoms with E-state index in [1.165, 1.54) is 12.1 Å². The van der Waals surface area contributed by atoms with Crippen molar-refractivity contribution in [1.29, 1.82) is 0 Å². The lowest BCUT2D eigenvalue weighted by Gasteiger charge is -2.09. The third-order valence-electron chi connectivity index (χ3n) is 4.12. The van der Waals surface area contributed by atoms with Crippen molar-refractivity contribution in [1.82, 2.24) is 19.6 Å². The Morgan fingerprint density at radius 2 is 2.17 bits per heavy atom. The Kier molecular flexibility index (Phi) is 3.34. The summed E-state index contributed by atoms with van der Waals surface area (Å²) in [5.74, 6) is 0.245. The van der Waals surface area contributed by atoms with Gasteiger partial charge >= 0.3 is 0 Å². The fourth-order valence-corrected chi connectivity index (χ4v) is 2.78. The number of nitrogen functional groups attached to an aromatic ring is 1. The number of halogens is 1. The van der Waals surface area contributed by atoms with Gasteiger partial charge in [0.15, 0.2) is 17.3 Å². The van der Waals surface area contributed by atoms with Crippen LogP contribution in [0.5, 0.6) is 5.75 Å². The van der Waals surface area contributed by atoms with Gasteiger partial charge in [-0.2, -0.15) is 5.10 Å². The van der Waals surface area contributed by atoms with Crippen LogP contribution in [0.15, 0.2) is 18.2 Å². The lowest BCUT2D eigenvalue weighted by Crippen LogP contribution is -2.04. The Labute approximate surface area is 136 Å². The molecule has 0 spiro atoms. The maximum atomic E-state index is 13.4. The van der Waals surface area contributed by atoms with E-state index in [1.807, 2.05) is 0 Å². The Morgan fingerprint density at radius 3 is 2.79 bits per heavy atom. The van der Waals surface area contributed by atoms with Crippen LogP contribution in [0.1, 0.15) is 30.1 Å². The molecule has 0 unspecified atom stereocenters. The van der Waals surface area contributed by atoms with Crippen LogP contribution in [0.2, 0.25) is 0 Å². The second-order valence-corrected chi connectivity index (χ2v) is 5.77. The average Bonchev–Trinajstić information content (AvgIpc) is 3.37. The van der Waals surface area contributed by atoms with Gasteiger partial charge in [0.2, 0.25) is 0 Å². The fraction of sp³-hybridized carbons (Fsp3) is 0.312. The van der Waals surface area contributed by atoms with Gasteiger partial charge in [-0.1, -0.05) is 0 Å². The number of hydrogen-bond acceptors (Lipinski definition) is 6. The molecule has 8 heteroatoms. The second-order valence-electron chi connectivity index (χ2n) is 5.77. The molecular formula is C16H16FN5O2. The van der Waals surface area contributed by atoms with Gasteiger partial charge in [0.1, 0.15) is 17.1 Å². The van der Waals surface area contributed by atoms with Crippen LogP contribution in [0.4, 0.5) is 10.2 Å². The maximum absolute atomic E-state index is 13.4. The van der Waals surface area contributed by atoms with E-state index in [0.29, 0.717) is 34.4 Å². The number of nitrogens with zero attached hydrogens (tertiary/aromatic N) is 4. The molecule has 0 bridgehead atoms. The summed E-state index contributed by atoms with van der Waals surface area (Å²) in [4.78, 5) is 8.45. The number of hydrogen-bond donors (Lipinski definition) is 2. The first-order chi connectivity index (χ1) is 11.6. The third-order valence-corrected chi connectivity index (χ3v) is 4.12. The van der Waals surface area contributed by atoms with Gasteiger partial charge < -0.3 is 15.6 Å². The minimum Gasteiger partial charge on any atom is -0.495 e. The quantitative estimate of drug-likeness (QED) is 0.758. The minimum absolute atomic E-state index is 0.206. The molecule has 1 aliphatic carbocycles. The monoisotopic (exact) mass is 329 g/mol. The van der Waals surface area contributed by atoms with Crippen LogP contribution in [0.3, 0.4) is 0 Å². The summed E-state index contributed by atoms with van der Waals surface area (Å²) in [6, 6.07) is 4.52. The number of anilines is 1. The lowest BCUT2D eigenvalue weighted by molar-refractivity contribution is 0.278. The van der Waals surface area contributed by atoms with E-state index in [4.69, 9.17) is 10.5 Å². The molecule has 24 heavy (non-hydrogen) atoms. The Balaban J connectivity index is 1.98. The van der Waals surface area contributed by atoms with Gasteiger partial charge in [0.05, 0.1) is 25.1 Å². The molecule has 0 radical (unpaired) electrons. The molecule has 124 valence electrons. The van der Waals surface area contributed by atoms with E-state index in [-0.39, 0.29) is 12.4 Å². The van der Waals surface area contributed by atoms with Crippen LogP contribution in [0.25, 0.3) is 17.0 Å². The van der Waals surface area contributed by atoms with Crippen molar-refractivity contribution < 1.29 is 14.2 Å². The number of fused-ring (bicyclic) bond motifs is 1. The summed E-state index contributed by atoms with van der Waals surface area (Å²) in [7, 11) is 1.60. The standard InChI is InChI=1S/C16H16FN5O2/c1-24-12-6-13-19-11(7-23)15(10-5-4-9(17)16(18)20-10)22(13)21-14(12)8-2-3-8/h4-6,8,23H,2-3,7H2,1H3,(H2,18,20). The number of imidazole rings is 1. The summed E-state index contributed by atoms with van der Waals surface area (Å²) in [5.41, 5.74) is 8.27. The van der Waals surface area contributed by atoms with Gasteiger partial charge in [-0.05, 0) is 25.0 Å². The molecule has 0 saturated heterocycles. The highest BCUT2D eigenvalue weighted by Gasteiger charge is 2.30. The van der Waals surface area contributed by atoms with Gasteiger partial charge in [0, 0.05) is 12.0 Å². The SMILES string of the molecule is COc1cc2nc(CO)c(-c3ccc(F)c(N)n3)n2nc1C1CC1. The highest BCUT2D eigenvalue weighted by atomic mass is 19.1. The molecule has 3 N–H and O–H groups in total. The molecule has 3 aromatic rings. The largest absolute Gasteiger partial charge is 0.495 e. The van der Waals surface area contributed by atoms with Gasteiger partial charge in [-0.25, -0.2) is 18.9 Å². The maximum Gasteiger partial charge on any atom is 0.165 e. The molecule has 0 aliphatic heterocycles. The van der Waals surface area contributed by atoms with Crippen molar-refractivity contribution in [3.8, 4) is 17.1 Å². The molecule has 0 aromatic carbocycles. The van der Waals surface area contributed by atoms with Crippen LogP contribution in [0, 0.1) is 5.82 Å². The van der Waals surface area contributed by atoms with E-state index in [9.17, 15) is 9.50 Å². The van der Waals surface area contributed by atoms with Crippen LogP contribution in [-0.4, -0.2) is 31.8 Å². The first-order valence-corrected chi connectivity index (χ1v) is 7.62. The third kappa shape index (κ3) is 2.26. The number of rotatable bonds is 4. The zero-order chi connectivity index (χ0) is 16.8. The van der Waals surface area contributed by atoms with Crippen LogP contribution >= 0.6 is 0 Å². The van der Waals surface area contributed by atoms with E-state index < -0.39 is 5.82 Å². The summed E-state index contributed by atoms with van der Waals surface area (Å²) in [5, 5.41) is 14.3. The lowest BCUT2D eigenvalue weighted by atomic mass is 10.2. The zero-order valence-corrected chi connectivity index (χ0v) is 13.0. The molecule has 4 rings (SSSR count). The first kappa shape index (κ1) is 14.8. The predicted molar refractivity (Wildman–Crippen MR) is 85.0 cm³/mol. The molecule has 1 saturated carbocycles. The van der Waals surface area contributed by atoms with Gasteiger partial charge in [-0.15, -0.1) is 0 Å². The molecule has 1 aliphatic rings. The van der Waals surface area contributed by atoms with Crippen LogP contribution < -0.4 is 10.5 Å². The zero-order valence-electron chi connectivity index (χ0n) is 13.0.